The Hall–Kier alpha value is -1.32. The van der Waals surface area contributed by atoms with E-state index in [0.717, 1.165) is 23.3 Å². The van der Waals surface area contributed by atoms with Crippen LogP contribution >= 0.6 is 15.9 Å². The van der Waals surface area contributed by atoms with Crippen LogP contribution in [0.25, 0.3) is 0 Å². The molecule has 3 heteroatoms. The van der Waals surface area contributed by atoms with Crippen LogP contribution in [0.15, 0.2) is 53.0 Å². The predicted molar refractivity (Wildman–Crippen MR) is 87.0 cm³/mol. The highest BCUT2D eigenvalue weighted by Gasteiger charge is 2.13. The van der Waals surface area contributed by atoms with Crippen LogP contribution in [0.2, 0.25) is 0 Å². The van der Waals surface area contributed by atoms with E-state index >= 15 is 0 Å². The van der Waals surface area contributed by atoms with E-state index in [9.17, 15) is 0 Å². The van der Waals surface area contributed by atoms with Gasteiger partial charge in [0.25, 0.3) is 0 Å². The van der Waals surface area contributed by atoms with Crippen molar-refractivity contribution in [2.75, 3.05) is 6.54 Å². The van der Waals surface area contributed by atoms with Crippen LogP contribution in [0.3, 0.4) is 0 Å². The minimum absolute atomic E-state index is 0.0234. The zero-order valence-electron chi connectivity index (χ0n) is 11.9. The zero-order chi connectivity index (χ0) is 14.4. The number of halogens is 1. The first-order valence-electron chi connectivity index (χ1n) is 6.92. The third-order valence-electron chi connectivity index (χ3n) is 3.18. The van der Waals surface area contributed by atoms with Crippen LogP contribution in [0.4, 0.5) is 0 Å². The quantitative estimate of drug-likeness (QED) is 0.827. The molecule has 2 aromatic carbocycles. The Morgan fingerprint density at radius 1 is 1.10 bits per heavy atom. The summed E-state index contributed by atoms with van der Waals surface area (Å²) in [6.07, 6.45) is 0.0234. The molecule has 1 unspecified atom stereocenters. The summed E-state index contributed by atoms with van der Waals surface area (Å²) in [7, 11) is 0. The van der Waals surface area contributed by atoms with Crippen molar-refractivity contribution in [3.05, 3.63) is 64.1 Å². The van der Waals surface area contributed by atoms with Crippen molar-refractivity contribution < 1.29 is 4.74 Å². The second-order valence-electron chi connectivity index (χ2n) is 4.68. The SMILES string of the molecule is CCNCc1cccc(Br)c1OC(C)c1ccccc1. The highest BCUT2D eigenvalue weighted by atomic mass is 79.9. The molecule has 1 atom stereocenters. The summed E-state index contributed by atoms with van der Waals surface area (Å²) in [6.45, 7) is 5.93. The number of ether oxygens (including phenoxy) is 1. The van der Waals surface area contributed by atoms with Gasteiger partial charge in [0.2, 0.25) is 0 Å². The van der Waals surface area contributed by atoms with Gasteiger partial charge < -0.3 is 10.1 Å². The Morgan fingerprint density at radius 3 is 2.55 bits per heavy atom. The minimum Gasteiger partial charge on any atom is -0.485 e. The monoisotopic (exact) mass is 333 g/mol. The van der Waals surface area contributed by atoms with Crippen LogP contribution in [0, 0.1) is 0 Å². The molecule has 20 heavy (non-hydrogen) atoms. The van der Waals surface area contributed by atoms with E-state index in [4.69, 9.17) is 4.74 Å². The topological polar surface area (TPSA) is 21.3 Å². The molecule has 0 amide bonds. The standard InChI is InChI=1S/C17H20BrNO/c1-3-19-12-15-10-7-11-16(18)17(15)20-13(2)14-8-5-4-6-9-14/h4-11,13,19H,3,12H2,1-2H3. The fourth-order valence-electron chi connectivity index (χ4n) is 2.05. The summed E-state index contributed by atoms with van der Waals surface area (Å²) in [5.41, 5.74) is 2.35. The van der Waals surface area contributed by atoms with Gasteiger partial charge in [-0.25, -0.2) is 0 Å². The van der Waals surface area contributed by atoms with E-state index in [2.05, 4.69) is 53.3 Å². The second kappa shape index (κ2) is 7.46. The average molecular weight is 334 g/mol. The average Bonchev–Trinajstić information content (AvgIpc) is 2.48. The van der Waals surface area contributed by atoms with Gasteiger partial charge in [-0.05, 0) is 41.0 Å². The molecule has 0 fully saturated rings. The van der Waals surface area contributed by atoms with Gasteiger partial charge in [0.15, 0.2) is 0 Å². The first kappa shape index (κ1) is 15.1. The molecule has 0 radical (unpaired) electrons. The number of hydrogen-bond donors (Lipinski definition) is 1. The number of para-hydroxylation sites is 1. The van der Waals surface area contributed by atoms with E-state index < -0.39 is 0 Å². The van der Waals surface area contributed by atoms with Gasteiger partial charge in [0.1, 0.15) is 11.9 Å². The highest BCUT2D eigenvalue weighted by molar-refractivity contribution is 9.10. The van der Waals surface area contributed by atoms with E-state index in [1.54, 1.807) is 0 Å². The number of hydrogen-bond acceptors (Lipinski definition) is 2. The molecule has 0 aliphatic rings. The van der Waals surface area contributed by atoms with Crippen molar-refractivity contribution in [2.45, 2.75) is 26.5 Å². The summed E-state index contributed by atoms with van der Waals surface area (Å²) in [5.74, 6) is 0.921. The number of rotatable bonds is 6. The largest absolute Gasteiger partial charge is 0.485 e. The lowest BCUT2D eigenvalue weighted by molar-refractivity contribution is 0.222. The molecule has 0 saturated carbocycles. The highest BCUT2D eigenvalue weighted by Crippen LogP contribution is 2.32. The van der Waals surface area contributed by atoms with Gasteiger partial charge in [0, 0.05) is 12.1 Å². The van der Waals surface area contributed by atoms with Gasteiger partial charge in [-0.3, -0.25) is 0 Å². The Morgan fingerprint density at radius 2 is 1.85 bits per heavy atom. The molecule has 2 rings (SSSR count). The molecule has 0 heterocycles. The summed E-state index contributed by atoms with van der Waals surface area (Å²) < 4.78 is 7.17. The maximum atomic E-state index is 6.17. The smallest absolute Gasteiger partial charge is 0.138 e. The van der Waals surface area contributed by atoms with E-state index in [-0.39, 0.29) is 6.10 Å². The first-order chi connectivity index (χ1) is 9.72. The third kappa shape index (κ3) is 3.84. The molecular weight excluding hydrogens is 314 g/mol. The summed E-state index contributed by atoms with van der Waals surface area (Å²) in [4.78, 5) is 0. The predicted octanol–water partition coefficient (Wildman–Crippen LogP) is 4.70. The fraction of sp³-hybridized carbons (Fsp3) is 0.294. The molecular formula is C17H20BrNO. The van der Waals surface area contributed by atoms with Crippen LogP contribution in [0.1, 0.15) is 31.1 Å². The summed E-state index contributed by atoms with van der Waals surface area (Å²) in [5, 5.41) is 3.34. The second-order valence-corrected chi connectivity index (χ2v) is 5.53. The molecule has 0 aliphatic heterocycles. The van der Waals surface area contributed by atoms with Crippen molar-refractivity contribution in [1.82, 2.24) is 5.32 Å². The Kier molecular flexibility index (Phi) is 5.62. The van der Waals surface area contributed by atoms with Crippen molar-refractivity contribution in [2.24, 2.45) is 0 Å². The molecule has 2 nitrogen and oxygen atoms in total. The molecule has 0 saturated heterocycles. The molecule has 1 N–H and O–H groups in total. The minimum atomic E-state index is 0.0234. The Bertz CT molecular complexity index is 542. The van der Waals surface area contributed by atoms with Gasteiger partial charge in [-0.2, -0.15) is 0 Å². The van der Waals surface area contributed by atoms with Crippen molar-refractivity contribution in [3.63, 3.8) is 0 Å². The normalized spacial score (nSPS) is 12.2. The van der Waals surface area contributed by atoms with Gasteiger partial charge in [-0.1, -0.05) is 49.4 Å². The van der Waals surface area contributed by atoms with E-state index in [1.165, 1.54) is 11.1 Å². The maximum absolute atomic E-state index is 6.17. The van der Waals surface area contributed by atoms with Gasteiger partial charge in [-0.15, -0.1) is 0 Å². The molecule has 0 aliphatic carbocycles. The maximum Gasteiger partial charge on any atom is 0.138 e. The summed E-state index contributed by atoms with van der Waals surface area (Å²) in [6, 6.07) is 16.4. The summed E-state index contributed by atoms with van der Waals surface area (Å²) >= 11 is 3.59. The van der Waals surface area contributed by atoms with Crippen molar-refractivity contribution >= 4 is 15.9 Å². The zero-order valence-corrected chi connectivity index (χ0v) is 13.5. The van der Waals surface area contributed by atoms with Gasteiger partial charge >= 0.3 is 0 Å². The third-order valence-corrected chi connectivity index (χ3v) is 3.80. The Labute approximate surface area is 129 Å². The van der Waals surface area contributed by atoms with Gasteiger partial charge in [0.05, 0.1) is 4.47 Å². The first-order valence-corrected chi connectivity index (χ1v) is 7.71. The lowest BCUT2D eigenvalue weighted by Crippen LogP contribution is -2.14. The molecule has 106 valence electrons. The van der Waals surface area contributed by atoms with Crippen LogP contribution in [-0.4, -0.2) is 6.54 Å². The lowest BCUT2D eigenvalue weighted by atomic mass is 10.1. The Balaban J connectivity index is 2.19. The van der Waals surface area contributed by atoms with Crippen molar-refractivity contribution in [3.8, 4) is 5.75 Å². The lowest BCUT2D eigenvalue weighted by Gasteiger charge is -2.19. The molecule has 0 bridgehead atoms. The number of benzene rings is 2. The molecule has 0 aromatic heterocycles. The van der Waals surface area contributed by atoms with Crippen LogP contribution < -0.4 is 10.1 Å². The fourth-order valence-corrected chi connectivity index (χ4v) is 2.55. The number of nitrogens with one attached hydrogen (secondary N) is 1. The van der Waals surface area contributed by atoms with Crippen LogP contribution in [-0.2, 0) is 6.54 Å². The van der Waals surface area contributed by atoms with Crippen molar-refractivity contribution in [1.29, 1.82) is 0 Å². The van der Waals surface area contributed by atoms with Crippen LogP contribution in [0.5, 0.6) is 5.75 Å². The molecule has 0 spiro atoms. The van der Waals surface area contributed by atoms with E-state index in [0.29, 0.717) is 0 Å². The van der Waals surface area contributed by atoms with E-state index in [1.807, 2.05) is 30.3 Å². The molecule has 2 aromatic rings.